The van der Waals surface area contributed by atoms with Gasteiger partial charge < -0.3 is 0 Å². The molecule has 0 spiro atoms. The normalized spacial score (nSPS) is 32.7. The molecule has 0 saturated heterocycles. The molecule has 2 aliphatic rings. The third-order valence-electron chi connectivity index (χ3n) is 4.88. The summed E-state index contributed by atoms with van der Waals surface area (Å²) >= 11 is 0. The van der Waals surface area contributed by atoms with Crippen LogP contribution >= 0.6 is 0 Å². The molecule has 0 N–H and O–H groups in total. The molecule has 0 bridgehead atoms. The van der Waals surface area contributed by atoms with Crippen LogP contribution in [0.15, 0.2) is 30.3 Å². The average Bonchev–Trinajstić information content (AvgIpc) is 2.81. The van der Waals surface area contributed by atoms with E-state index < -0.39 is 0 Å². The second-order valence-electron chi connectivity index (χ2n) is 6.01. The zero-order valence-electron chi connectivity index (χ0n) is 11.0. The second-order valence-corrected chi connectivity index (χ2v) is 6.01. The molecule has 18 heavy (non-hydrogen) atoms. The zero-order chi connectivity index (χ0) is 12.4. The summed E-state index contributed by atoms with van der Waals surface area (Å²) in [5.74, 6) is 2.22. The lowest BCUT2D eigenvalue weighted by atomic mass is 9.83. The van der Waals surface area contributed by atoms with Gasteiger partial charge in [-0.3, -0.25) is 4.79 Å². The zero-order valence-corrected chi connectivity index (χ0v) is 11.0. The van der Waals surface area contributed by atoms with Gasteiger partial charge in [-0.1, -0.05) is 43.2 Å². The van der Waals surface area contributed by atoms with Crippen molar-refractivity contribution in [1.29, 1.82) is 0 Å². The molecule has 96 valence electrons. The van der Waals surface area contributed by atoms with Crippen LogP contribution in [0.25, 0.3) is 0 Å². The Kier molecular flexibility index (Phi) is 3.49. The number of carbonyl (C=O) groups excluding carboxylic acids is 1. The highest BCUT2D eigenvalue weighted by Crippen LogP contribution is 2.46. The molecule has 0 aliphatic heterocycles. The van der Waals surface area contributed by atoms with E-state index in [1.54, 1.807) is 0 Å². The van der Waals surface area contributed by atoms with Gasteiger partial charge in [0.15, 0.2) is 0 Å². The van der Waals surface area contributed by atoms with E-state index in [1.807, 2.05) is 0 Å². The Balaban J connectivity index is 1.77. The monoisotopic (exact) mass is 242 g/mol. The van der Waals surface area contributed by atoms with Crippen molar-refractivity contribution in [3.8, 4) is 0 Å². The van der Waals surface area contributed by atoms with Crippen LogP contribution in [0.2, 0.25) is 0 Å². The summed E-state index contributed by atoms with van der Waals surface area (Å²) in [4.78, 5) is 12.2. The topological polar surface area (TPSA) is 17.1 Å². The highest BCUT2D eigenvalue weighted by atomic mass is 16.1. The largest absolute Gasteiger partial charge is 0.299 e. The van der Waals surface area contributed by atoms with Gasteiger partial charge in [-0.2, -0.15) is 0 Å². The van der Waals surface area contributed by atoms with Gasteiger partial charge in [0, 0.05) is 12.3 Å². The van der Waals surface area contributed by atoms with E-state index in [1.165, 1.54) is 31.2 Å². The van der Waals surface area contributed by atoms with E-state index in [2.05, 4.69) is 30.3 Å². The molecule has 0 radical (unpaired) electrons. The lowest BCUT2D eigenvalue weighted by Crippen LogP contribution is -2.20. The van der Waals surface area contributed by atoms with Crippen molar-refractivity contribution in [2.45, 2.75) is 50.9 Å². The third kappa shape index (κ3) is 2.36. The van der Waals surface area contributed by atoms with Crippen LogP contribution in [-0.2, 0) is 4.79 Å². The van der Waals surface area contributed by atoms with Gasteiger partial charge in [0.05, 0.1) is 0 Å². The molecule has 1 aromatic rings. The maximum atomic E-state index is 12.2. The minimum Gasteiger partial charge on any atom is -0.299 e. The maximum absolute atomic E-state index is 12.2. The fraction of sp³-hybridized carbons (Fsp3) is 0.588. The van der Waals surface area contributed by atoms with Crippen LogP contribution in [-0.4, -0.2) is 5.78 Å². The van der Waals surface area contributed by atoms with Crippen molar-refractivity contribution < 1.29 is 4.79 Å². The van der Waals surface area contributed by atoms with E-state index >= 15 is 0 Å². The van der Waals surface area contributed by atoms with Gasteiger partial charge in [-0.15, -0.1) is 0 Å². The Bertz CT molecular complexity index is 409. The maximum Gasteiger partial charge on any atom is 0.136 e. The Labute approximate surface area is 110 Å². The number of fused-ring (bicyclic) bond motifs is 1. The van der Waals surface area contributed by atoms with Crippen LogP contribution in [0.4, 0.5) is 0 Å². The van der Waals surface area contributed by atoms with Crippen molar-refractivity contribution >= 4 is 5.78 Å². The first-order valence-electron chi connectivity index (χ1n) is 7.42. The van der Waals surface area contributed by atoms with E-state index in [-0.39, 0.29) is 0 Å². The third-order valence-corrected chi connectivity index (χ3v) is 4.88. The Morgan fingerprint density at radius 2 is 1.78 bits per heavy atom. The molecule has 1 aromatic carbocycles. The Hall–Kier alpha value is -1.11. The van der Waals surface area contributed by atoms with Gasteiger partial charge in [0.25, 0.3) is 0 Å². The predicted octanol–water partition coefficient (Wildman–Crippen LogP) is 4.33. The predicted molar refractivity (Wildman–Crippen MR) is 73.5 cm³/mol. The summed E-state index contributed by atoms with van der Waals surface area (Å²) in [6, 6.07) is 10.8. The van der Waals surface area contributed by atoms with E-state index in [0.717, 1.165) is 19.3 Å². The molecule has 2 aliphatic carbocycles. The highest BCUT2D eigenvalue weighted by Gasteiger charge is 2.38. The molecule has 3 rings (SSSR count). The average molecular weight is 242 g/mol. The standard InChI is InChI=1S/C17H22O/c18-17-10-6-2-5-9-14-11-15(12-16(14)17)13-7-3-1-4-8-13/h1,3-4,7-8,14-16H,2,5-6,9-12H2/t14-,15+,16-/m0/s1. The molecule has 2 fully saturated rings. The molecule has 1 nitrogen and oxygen atoms in total. The second kappa shape index (κ2) is 5.26. The van der Waals surface area contributed by atoms with Gasteiger partial charge >= 0.3 is 0 Å². The Morgan fingerprint density at radius 1 is 0.944 bits per heavy atom. The first-order chi connectivity index (χ1) is 8.84. The molecule has 1 heteroatoms. The summed E-state index contributed by atoms with van der Waals surface area (Å²) in [5, 5.41) is 0. The van der Waals surface area contributed by atoms with E-state index in [0.29, 0.717) is 23.5 Å². The summed E-state index contributed by atoms with van der Waals surface area (Å²) in [5.41, 5.74) is 1.44. The quantitative estimate of drug-likeness (QED) is 0.716. The highest BCUT2D eigenvalue weighted by molar-refractivity contribution is 5.81. The van der Waals surface area contributed by atoms with Crippen LogP contribution in [0.5, 0.6) is 0 Å². The summed E-state index contributed by atoms with van der Waals surface area (Å²) in [7, 11) is 0. The molecule has 0 heterocycles. The molecule has 0 unspecified atom stereocenters. The van der Waals surface area contributed by atoms with Crippen LogP contribution in [0.1, 0.15) is 56.4 Å². The SMILES string of the molecule is O=C1CCCCC[C@H]2C[C@@H](c3ccccc3)C[C@H]12. The lowest BCUT2D eigenvalue weighted by Gasteiger charge is -2.20. The minimum absolute atomic E-state index is 0.371. The van der Waals surface area contributed by atoms with Crippen LogP contribution in [0.3, 0.4) is 0 Å². The molecule has 0 aromatic heterocycles. The lowest BCUT2D eigenvalue weighted by molar-refractivity contribution is -0.124. The van der Waals surface area contributed by atoms with Gasteiger partial charge in [-0.05, 0) is 43.1 Å². The molecular formula is C17H22O. The van der Waals surface area contributed by atoms with Gasteiger partial charge in [-0.25, -0.2) is 0 Å². The summed E-state index contributed by atoms with van der Waals surface area (Å²) < 4.78 is 0. The molecular weight excluding hydrogens is 220 g/mol. The van der Waals surface area contributed by atoms with Crippen molar-refractivity contribution in [2.75, 3.05) is 0 Å². The molecule has 0 amide bonds. The van der Waals surface area contributed by atoms with E-state index in [4.69, 9.17) is 0 Å². The fourth-order valence-electron chi connectivity index (χ4n) is 3.90. The van der Waals surface area contributed by atoms with Crippen molar-refractivity contribution in [3.05, 3.63) is 35.9 Å². The molecule has 3 atom stereocenters. The van der Waals surface area contributed by atoms with Gasteiger partial charge in [0.1, 0.15) is 5.78 Å². The summed E-state index contributed by atoms with van der Waals surface area (Å²) in [6.45, 7) is 0. The number of hydrogen-bond acceptors (Lipinski definition) is 1. The van der Waals surface area contributed by atoms with Crippen molar-refractivity contribution in [3.63, 3.8) is 0 Å². The fourth-order valence-corrected chi connectivity index (χ4v) is 3.90. The molecule has 2 saturated carbocycles. The van der Waals surface area contributed by atoms with Crippen LogP contribution in [0, 0.1) is 11.8 Å². The number of Topliss-reactive ketones (excluding diaryl/α,β-unsaturated/α-hetero) is 1. The smallest absolute Gasteiger partial charge is 0.136 e. The van der Waals surface area contributed by atoms with E-state index in [9.17, 15) is 4.79 Å². The number of hydrogen-bond donors (Lipinski definition) is 0. The first kappa shape index (κ1) is 12.0. The number of rotatable bonds is 1. The van der Waals surface area contributed by atoms with Crippen molar-refractivity contribution in [2.24, 2.45) is 11.8 Å². The summed E-state index contributed by atoms with van der Waals surface area (Å²) in [6.07, 6.45) is 8.16. The number of carbonyl (C=O) groups is 1. The minimum atomic E-state index is 0.371. The van der Waals surface area contributed by atoms with Gasteiger partial charge in [0.2, 0.25) is 0 Å². The Morgan fingerprint density at radius 3 is 2.61 bits per heavy atom. The number of benzene rings is 1. The first-order valence-corrected chi connectivity index (χ1v) is 7.42. The van der Waals surface area contributed by atoms with Crippen molar-refractivity contribution in [1.82, 2.24) is 0 Å². The number of ketones is 1. The van der Waals surface area contributed by atoms with Crippen LogP contribution < -0.4 is 0 Å².